The lowest BCUT2D eigenvalue weighted by atomic mass is 9.91. The minimum Gasteiger partial charge on any atom is -0.293 e. The van der Waals surface area contributed by atoms with Gasteiger partial charge in [0.2, 0.25) is 0 Å². The second-order valence-electron chi connectivity index (χ2n) is 5.35. The van der Waals surface area contributed by atoms with E-state index >= 15 is 0 Å². The van der Waals surface area contributed by atoms with Gasteiger partial charge < -0.3 is 0 Å². The van der Waals surface area contributed by atoms with Gasteiger partial charge in [0.1, 0.15) is 0 Å². The van der Waals surface area contributed by atoms with E-state index in [4.69, 9.17) is 0 Å². The van der Waals surface area contributed by atoms with Crippen LogP contribution in [-0.4, -0.2) is 21.0 Å². The molecule has 0 aliphatic heterocycles. The molecule has 0 radical (unpaired) electrons. The Labute approximate surface area is 125 Å². The zero-order valence-electron chi connectivity index (χ0n) is 11.1. The number of carbonyl (C=O) groups is 1. The summed E-state index contributed by atoms with van der Waals surface area (Å²) >= 11 is 3.34. The number of hydrogen-bond donors (Lipinski definition) is 0. The van der Waals surface area contributed by atoms with Crippen LogP contribution in [0.4, 0.5) is 0 Å². The van der Waals surface area contributed by atoms with Crippen LogP contribution >= 0.6 is 15.9 Å². The molecule has 0 amide bonds. The van der Waals surface area contributed by atoms with E-state index in [0.29, 0.717) is 11.5 Å². The average molecular weight is 343 g/mol. The Balaban J connectivity index is 1.94. The molecular weight excluding hydrogens is 324 g/mol. The third-order valence-corrected chi connectivity index (χ3v) is 5.95. The molecule has 2 rings (SSSR count). The lowest BCUT2D eigenvalue weighted by Crippen LogP contribution is -2.27. The van der Waals surface area contributed by atoms with Gasteiger partial charge in [-0.25, -0.2) is 0 Å². The summed E-state index contributed by atoms with van der Waals surface area (Å²) in [5.41, 5.74) is 0.653. The normalized spacial score (nSPS) is 24.9. The summed E-state index contributed by atoms with van der Waals surface area (Å²) in [6, 6.07) is 7.26. The molecule has 3 unspecified atom stereocenters. The molecule has 1 fully saturated rings. The third-order valence-electron chi connectivity index (χ3n) is 3.70. The smallest absolute Gasteiger partial charge is 0.175 e. The number of hydrogen-bond acceptors (Lipinski definition) is 2. The predicted octanol–water partition coefficient (Wildman–Crippen LogP) is 3.96. The van der Waals surface area contributed by atoms with Gasteiger partial charge in [0, 0.05) is 26.1 Å². The minimum absolute atomic E-state index is 0.0101. The Morgan fingerprint density at radius 1 is 1.32 bits per heavy atom. The van der Waals surface area contributed by atoms with Gasteiger partial charge in [-0.2, -0.15) is 0 Å². The average Bonchev–Trinajstić information content (AvgIpc) is 2.39. The first-order valence-electron chi connectivity index (χ1n) is 6.72. The monoisotopic (exact) mass is 342 g/mol. The highest BCUT2D eigenvalue weighted by Crippen LogP contribution is 2.27. The van der Waals surface area contributed by atoms with Crippen LogP contribution in [0.1, 0.15) is 43.0 Å². The van der Waals surface area contributed by atoms with Crippen molar-refractivity contribution in [3.8, 4) is 0 Å². The van der Waals surface area contributed by atoms with Gasteiger partial charge >= 0.3 is 0 Å². The van der Waals surface area contributed by atoms with Gasteiger partial charge in [-0.05, 0) is 30.9 Å². The molecule has 0 aromatic heterocycles. The fraction of sp³-hybridized carbons (Fsp3) is 0.533. The zero-order valence-corrected chi connectivity index (χ0v) is 13.5. The van der Waals surface area contributed by atoms with Gasteiger partial charge in [0.05, 0.1) is 5.75 Å². The van der Waals surface area contributed by atoms with Gasteiger partial charge in [-0.3, -0.25) is 9.00 Å². The highest BCUT2D eigenvalue weighted by atomic mass is 79.9. The van der Waals surface area contributed by atoms with Crippen LogP contribution in [0.5, 0.6) is 0 Å². The van der Waals surface area contributed by atoms with Gasteiger partial charge in [0.25, 0.3) is 0 Å². The van der Waals surface area contributed by atoms with Crippen molar-refractivity contribution in [2.75, 3.05) is 5.75 Å². The number of ketones is 1. The Bertz CT molecular complexity index is 470. The van der Waals surface area contributed by atoms with Crippen LogP contribution in [0.3, 0.4) is 0 Å². The van der Waals surface area contributed by atoms with E-state index in [0.717, 1.165) is 23.7 Å². The summed E-state index contributed by atoms with van der Waals surface area (Å²) in [7, 11) is -1.02. The molecule has 1 aromatic carbocycles. The highest BCUT2D eigenvalue weighted by molar-refractivity contribution is 9.10. The molecule has 1 aromatic rings. The summed E-state index contributed by atoms with van der Waals surface area (Å²) < 4.78 is 13.2. The molecular formula is C15H19BrO2S. The highest BCUT2D eigenvalue weighted by Gasteiger charge is 2.25. The number of benzene rings is 1. The van der Waals surface area contributed by atoms with Crippen LogP contribution in [0.2, 0.25) is 0 Å². The number of halogens is 1. The zero-order chi connectivity index (χ0) is 13.8. The molecule has 4 heteroatoms. The molecule has 19 heavy (non-hydrogen) atoms. The Morgan fingerprint density at radius 2 is 2.00 bits per heavy atom. The van der Waals surface area contributed by atoms with E-state index in [1.807, 2.05) is 12.1 Å². The number of rotatable bonds is 4. The summed E-state index contributed by atoms with van der Waals surface area (Å²) in [6.45, 7) is 2.21. The molecule has 0 spiro atoms. The standard InChI is InChI=1S/C15H19BrO2S/c1-11-3-2-4-14(9-11)19(18)10-15(17)12-5-7-13(16)8-6-12/h5-8,11,14H,2-4,9-10H2,1H3. The minimum atomic E-state index is -1.02. The fourth-order valence-corrected chi connectivity index (χ4v) is 4.48. The van der Waals surface area contributed by atoms with Gasteiger partial charge in [0.15, 0.2) is 5.78 Å². The lowest BCUT2D eigenvalue weighted by Gasteiger charge is -2.25. The Morgan fingerprint density at radius 3 is 2.63 bits per heavy atom. The Hall–Kier alpha value is -0.480. The first kappa shape index (κ1) is 14.9. The summed E-state index contributed by atoms with van der Waals surface area (Å²) in [6.07, 6.45) is 4.38. The van der Waals surface area contributed by atoms with Gasteiger partial charge in [-0.1, -0.05) is 47.8 Å². The van der Waals surface area contributed by atoms with Crippen LogP contribution in [0.25, 0.3) is 0 Å². The van der Waals surface area contributed by atoms with Crippen LogP contribution in [0.15, 0.2) is 28.7 Å². The molecule has 0 bridgehead atoms. The van der Waals surface area contributed by atoms with E-state index in [1.54, 1.807) is 12.1 Å². The quantitative estimate of drug-likeness (QED) is 0.776. The molecule has 104 valence electrons. The predicted molar refractivity (Wildman–Crippen MR) is 82.9 cm³/mol. The molecule has 0 heterocycles. The third kappa shape index (κ3) is 4.25. The van der Waals surface area contributed by atoms with E-state index in [-0.39, 0.29) is 16.8 Å². The van der Waals surface area contributed by atoms with Crippen LogP contribution in [0, 0.1) is 5.92 Å². The Kier molecular flexibility index (Phi) is 5.34. The largest absolute Gasteiger partial charge is 0.293 e. The summed E-state index contributed by atoms with van der Waals surface area (Å²) in [5, 5.41) is 0.211. The second-order valence-corrected chi connectivity index (χ2v) is 7.98. The number of carbonyl (C=O) groups excluding carboxylic acids is 1. The molecule has 0 N–H and O–H groups in total. The number of Topliss-reactive ketones (excluding diaryl/α,β-unsaturated/α-hetero) is 1. The second kappa shape index (κ2) is 6.80. The maximum atomic E-state index is 12.3. The maximum Gasteiger partial charge on any atom is 0.175 e. The topological polar surface area (TPSA) is 34.1 Å². The van der Waals surface area contributed by atoms with E-state index in [1.165, 1.54) is 6.42 Å². The first-order valence-corrected chi connectivity index (χ1v) is 8.89. The van der Waals surface area contributed by atoms with E-state index in [9.17, 15) is 9.00 Å². The van der Waals surface area contributed by atoms with Crippen molar-refractivity contribution < 1.29 is 9.00 Å². The van der Waals surface area contributed by atoms with Crippen molar-refractivity contribution in [2.45, 2.75) is 37.9 Å². The molecule has 3 atom stereocenters. The van der Waals surface area contributed by atoms with Gasteiger partial charge in [-0.15, -0.1) is 0 Å². The summed E-state index contributed by atoms with van der Waals surface area (Å²) in [5.74, 6) is 0.800. The van der Waals surface area contributed by atoms with Crippen molar-refractivity contribution in [3.05, 3.63) is 34.3 Å². The fourth-order valence-electron chi connectivity index (χ4n) is 2.58. The van der Waals surface area contributed by atoms with Crippen molar-refractivity contribution in [2.24, 2.45) is 5.92 Å². The molecule has 1 aliphatic carbocycles. The van der Waals surface area contributed by atoms with E-state index in [2.05, 4.69) is 22.9 Å². The molecule has 0 saturated heterocycles. The van der Waals surface area contributed by atoms with Crippen LogP contribution < -0.4 is 0 Å². The maximum absolute atomic E-state index is 12.3. The van der Waals surface area contributed by atoms with E-state index < -0.39 is 10.8 Å². The molecule has 2 nitrogen and oxygen atoms in total. The summed E-state index contributed by atoms with van der Waals surface area (Å²) in [4.78, 5) is 12.1. The molecule has 1 aliphatic rings. The SMILES string of the molecule is CC1CCCC(S(=O)CC(=O)c2ccc(Br)cc2)C1. The van der Waals surface area contributed by atoms with Crippen molar-refractivity contribution in [3.63, 3.8) is 0 Å². The van der Waals surface area contributed by atoms with Crippen molar-refractivity contribution >= 4 is 32.5 Å². The van der Waals surface area contributed by atoms with Crippen molar-refractivity contribution in [1.82, 2.24) is 0 Å². The lowest BCUT2D eigenvalue weighted by molar-refractivity contribution is 0.102. The van der Waals surface area contributed by atoms with Crippen molar-refractivity contribution in [1.29, 1.82) is 0 Å². The first-order chi connectivity index (χ1) is 9.06. The van der Waals surface area contributed by atoms with Crippen LogP contribution in [-0.2, 0) is 10.8 Å². The molecule has 1 saturated carbocycles.